The molecule has 2 aromatic carbocycles. The van der Waals surface area contributed by atoms with Crippen LogP contribution in [0.3, 0.4) is 0 Å². The minimum absolute atomic E-state index is 0.00298. The summed E-state index contributed by atoms with van der Waals surface area (Å²) < 4.78 is 27.8. The van der Waals surface area contributed by atoms with Crippen LogP contribution in [0.1, 0.15) is 17.0 Å². The highest BCUT2D eigenvalue weighted by Gasteiger charge is 2.17. The van der Waals surface area contributed by atoms with Gasteiger partial charge >= 0.3 is 0 Å². The SMILES string of the molecule is Cc1cc(C)nc(NS(=O)(=O)c2ccc(NC(=O)CSc3nc(-c4ccccc4)ccc3C#N)cc2)n1. The molecule has 0 bridgehead atoms. The maximum atomic E-state index is 12.7. The molecular formula is C26H22N6O3S2. The van der Waals surface area contributed by atoms with Crippen LogP contribution >= 0.6 is 11.8 Å². The molecule has 0 aliphatic heterocycles. The van der Waals surface area contributed by atoms with Crippen LogP contribution in [-0.2, 0) is 14.8 Å². The monoisotopic (exact) mass is 530 g/mol. The predicted octanol–water partition coefficient (Wildman–Crippen LogP) is 4.56. The van der Waals surface area contributed by atoms with E-state index in [-0.39, 0.29) is 22.5 Å². The second kappa shape index (κ2) is 11.2. The molecule has 2 heterocycles. The lowest BCUT2D eigenvalue weighted by atomic mass is 10.1. The Hall–Kier alpha value is -4.27. The lowest BCUT2D eigenvalue weighted by Crippen LogP contribution is -2.16. The number of amides is 1. The lowest BCUT2D eigenvalue weighted by Gasteiger charge is -2.10. The van der Waals surface area contributed by atoms with Crippen LogP contribution in [0.15, 0.2) is 82.7 Å². The van der Waals surface area contributed by atoms with Crippen LogP contribution in [-0.4, -0.2) is 35.0 Å². The summed E-state index contributed by atoms with van der Waals surface area (Å²) in [5.41, 5.74) is 3.71. The van der Waals surface area contributed by atoms with Crippen molar-refractivity contribution in [2.45, 2.75) is 23.8 Å². The van der Waals surface area contributed by atoms with Gasteiger partial charge in [-0.1, -0.05) is 42.1 Å². The van der Waals surface area contributed by atoms with E-state index in [0.717, 1.165) is 17.3 Å². The number of benzene rings is 2. The number of carbonyl (C=O) groups excluding carboxylic acids is 1. The summed E-state index contributed by atoms with van der Waals surface area (Å²) in [6.07, 6.45) is 0. The molecule has 4 rings (SSSR count). The molecule has 0 atom stereocenters. The van der Waals surface area contributed by atoms with Crippen molar-refractivity contribution >= 4 is 39.3 Å². The zero-order valence-electron chi connectivity index (χ0n) is 20.0. The van der Waals surface area contributed by atoms with E-state index in [1.54, 1.807) is 32.0 Å². The number of nitriles is 1. The molecule has 186 valence electrons. The van der Waals surface area contributed by atoms with Crippen molar-refractivity contribution in [1.82, 2.24) is 15.0 Å². The Morgan fingerprint density at radius 3 is 2.27 bits per heavy atom. The van der Waals surface area contributed by atoms with E-state index in [4.69, 9.17) is 0 Å². The first-order valence-corrected chi connectivity index (χ1v) is 13.5. The maximum Gasteiger partial charge on any atom is 0.264 e. The smallest absolute Gasteiger partial charge is 0.264 e. The third kappa shape index (κ3) is 6.69. The zero-order valence-corrected chi connectivity index (χ0v) is 21.6. The molecule has 11 heteroatoms. The summed E-state index contributed by atoms with van der Waals surface area (Å²) >= 11 is 1.15. The number of nitrogens with zero attached hydrogens (tertiary/aromatic N) is 4. The number of thioether (sulfide) groups is 1. The predicted molar refractivity (Wildman–Crippen MR) is 142 cm³/mol. The van der Waals surface area contributed by atoms with Gasteiger partial charge in [0.2, 0.25) is 11.9 Å². The quantitative estimate of drug-likeness (QED) is 0.316. The fraction of sp³-hybridized carbons (Fsp3) is 0.115. The van der Waals surface area contributed by atoms with Crippen LogP contribution < -0.4 is 10.0 Å². The Labute approximate surface area is 219 Å². The molecule has 0 radical (unpaired) electrons. The number of sulfonamides is 1. The van der Waals surface area contributed by atoms with E-state index in [0.29, 0.717) is 33.4 Å². The molecule has 0 aliphatic carbocycles. The highest BCUT2D eigenvalue weighted by atomic mass is 32.2. The van der Waals surface area contributed by atoms with Crippen molar-refractivity contribution in [3.8, 4) is 17.3 Å². The number of anilines is 2. The van der Waals surface area contributed by atoms with Crippen LogP contribution in [0, 0.1) is 25.2 Å². The molecule has 1 amide bonds. The fourth-order valence-corrected chi connectivity index (χ4v) is 5.12. The number of hydrogen-bond acceptors (Lipinski definition) is 8. The van der Waals surface area contributed by atoms with E-state index >= 15 is 0 Å². The van der Waals surface area contributed by atoms with Crippen LogP contribution in [0.25, 0.3) is 11.3 Å². The zero-order chi connectivity index (χ0) is 26.4. The van der Waals surface area contributed by atoms with Gasteiger partial charge in [-0.25, -0.2) is 28.1 Å². The molecule has 0 saturated heterocycles. The van der Waals surface area contributed by atoms with Gasteiger partial charge in [-0.2, -0.15) is 5.26 Å². The first-order valence-electron chi connectivity index (χ1n) is 11.1. The van der Waals surface area contributed by atoms with Gasteiger partial charge in [0.15, 0.2) is 0 Å². The van der Waals surface area contributed by atoms with Gasteiger partial charge in [-0.15, -0.1) is 0 Å². The van der Waals surface area contributed by atoms with Gasteiger partial charge in [0.25, 0.3) is 10.0 Å². The molecular weight excluding hydrogens is 508 g/mol. The largest absolute Gasteiger partial charge is 0.325 e. The molecule has 0 aliphatic rings. The van der Waals surface area contributed by atoms with Gasteiger partial charge in [0.1, 0.15) is 11.1 Å². The Morgan fingerprint density at radius 1 is 0.946 bits per heavy atom. The molecule has 9 nitrogen and oxygen atoms in total. The summed E-state index contributed by atoms with van der Waals surface area (Å²) in [5, 5.41) is 12.6. The third-order valence-electron chi connectivity index (χ3n) is 5.05. The molecule has 4 aromatic rings. The number of aryl methyl sites for hydroxylation is 2. The highest BCUT2D eigenvalue weighted by molar-refractivity contribution is 8.00. The lowest BCUT2D eigenvalue weighted by molar-refractivity contribution is -0.113. The number of hydrogen-bond donors (Lipinski definition) is 2. The number of rotatable bonds is 8. The standard InChI is InChI=1S/C26H22N6O3S2/c1-17-14-18(2)29-26(28-17)32-37(34,35)22-11-9-21(10-12-22)30-24(33)16-36-25-20(15-27)8-13-23(31-25)19-6-4-3-5-7-19/h3-14H,16H2,1-2H3,(H,30,33)(H,28,29,32). The molecule has 37 heavy (non-hydrogen) atoms. The summed E-state index contributed by atoms with van der Waals surface area (Å²) in [7, 11) is -3.90. The van der Waals surface area contributed by atoms with Crippen molar-refractivity contribution in [3.63, 3.8) is 0 Å². The Morgan fingerprint density at radius 2 is 1.62 bits per heavy atom. The van der Waals surface area contributed by atoms with Crippen molar-refractivity contribution in [2.75, 3.05) is 15.8 Å². The van der Waals surface area contributed by atoms with Crippen LogP contribution in [0.2, 0.25) is 0 Å². The maximum absolute atomic E-state index is 12.7. The number of nitrogens with one attached hydrogen (secondary N) is 2. The van der Waals surface area contributed by atoms with Crippen molar-refractivity contribution in [3.05, 3.63) is 89.7 Å². The highest BCUT2D eigenvalue weighted by Crippen LogP contribution is 2.25. The Balaban J connectivity index is 1.40. The van der Waals surface area contributed by atoms with Crippen molar-refractivity contribution in [2.24, 2.45) is 0 Å². The van der Waals surface area contributed by atoms with Gasteiger partial charge in [0.05, 0.1) is 21.9 Å². The van der Waals surface area contributed by atoms with Gasteiger partial charge in [0, 0.05) is 22.6 Å². The van der Waals surface area contributed by atoms with E-state index in [2.05, 4.69) is 31.1 Å². The second-order valence-corrected chi connectivity index (χ2v) is 10.6. The third-order valence-corrected chi connectivity index (χ3v) is 7.38. The fourth-order valence-electron chi connectivity index (χ4n) is 3.40. The van der Waals surface area contributed by atoms with Gasteiger partial charge in [-0.3, -0.25) is 4.79 Å². The van der Waals surface area contributed by atoms with E-state index in [1.165, 1.54) is 24.3 Å². The number of aromatic nitrogens is 3. The average molecular weight is 531 g/mol. The van der Waals surface area contributed by atoms with E-state index in [1.807, 2.05) is 30.3 Å². The van der Waals surface area contributed by atoms with Crippen molar-refractivity contribution < 1.29 is 13.2 Å². The minimum Gasteiger partial charge on any atom is -0.325 e. The molecule has 2 N–H and O–H groups in total. The Bertz CT molecular complexity index is 1570. The van der Waals surface area contributed by atoms with Gasteiger partial charge < -0.3 is 5.32 Å². The minimum atomic E-state index is -3.90. The first-order chi connectivity index (χ1) is 17.7. The van der Waals surface area contributed by atoms with Crippen molar-refractivity contribution in [1.29, 1.82) is 5.26 Å². The normalized spacial score (nSPS) is 10.9. The number of carbonyl (C=O) groups is 1. The molecule has 2 aromatic heterocycles. The van der Waals surface area contributed by atoms with Crippen LogP contribution in [0.4, 0.5) is 11.6 Å². The molecule has 0 saturated carbocycles. The van der Waals surface area contributed by atoms with E-state index in [9.17, 15) is 18.5 Å². The summed E-state index contributed by atoms with van der Waals surface area (Å²) in [4.78, 5) is 25.3. The summed E-state index contributed by atoms with van der Waals surface area (Å²) in [5.74, 6) is -0.308. The summed E-state index contributed by atoms with van der Waals surface area (Å²) in [6, 6.07) is 22.6. The summed E-state index contributed by atoms with van der Waals surface area (Å²) in [6.45, 7) is 3.50. The molecule has 0 unspecified atom stereocenters. The first kappa shape index (κ1) is 25.8. The average Bonchev–Trinajstić information content (AvgIpc) is 2.87. The Kier molecular flexibility index (Phi) is 7.81. The van der Waals surface area contributed by atoms with Crippen LogP contribution in [0.5, 0.6) is 0 Å². The second-order valence-electron chi connectivity index (χ2n) is 7.97. The topological polar surface area (TPSA) is 138 Å². The van der Waals surface area contributed by atoms with Gasteiger partial charge in [-0.05, 0) is 56.3 Å². The van der Waals surface area contributed by atoms with E-state index < -0.39 is 10.0 Å². The molecule has 0 fully saturated rings. The molecule has 0 spiro atoms. The number of pyridine rings is 1.